The molecule has 2 unspecified atom stereocenters. The number of carbonyl (C=O) groups is 1. The summed E-state index contributed by atoms with van der Waals surface area (Å²) in [6, 6.07) is 0.380. The number of nitrogens with zero attached hydrogens (tertiary/aromatic N) is 1. The Morgan fingerprint density at radius 3 is 2.89 bits per heavy atom. The number of amides is 1. The maximum atomic E-state index is 11.7. The minimum atomic E-state index is -0.325. The van der Waals surface area contributed by atoms with E-state index in [-0.39, 0.29) is 11.9 Å². The van der Waals surface area contributed by atoms with Gasteiger partial charge in [-0.05, 0) is 39.2 Å². The van der Waals surface area contributed by atoms with Gasteiger partial charge in [-0.25, -0.2) is 0 Å². The molecule has 0 saturated carbocycles. The predicted octanol–water partition coefficient (Wildman–Crippen LogP) is 1.88. The first-order valence-electron chi connectivity index (χ1n) is 7.92. The molecule has 4 nitrogen and oxygen atoms in total. The highest BCUT2D eigenvalue weighted by Gasteiger charge is 2.17. The maximum absolute atomic E-state index is 11.7. The molecule has 0 aromatic heterocycles. The third-order valence-corrected chi connectivity index (χ3v) is 4.07. The van der Waals surface area contributed by atoms with E-state index >= 15 is 0 Å². The highest BCUT2D eigenvalue weighted by Crippen LogP contribution is 2.15. The molecule has 19 heavy (non-hydrogen) atoms. The summed E-state index contributed by atoms with van der Waals surface area (Å²) >= 11 is 0. The van der Waals surface area contributed by atoms with Gasteiger partial charge in [0.2, 0.25) is 5.91 Å². The van der Waals surface area contributed by atoms with E-state index in [1.807, 2.05) is 0 Å². The average molecular weight is 269 g/mol. The van der Waals surface area contributed by atoms with Crippen molar-refractivity contribution in [2.24, 2.45) is 5.73 Å². The zero-order valence-corrected chi connectivity index (χ0v) is 12.7. The van der Waals surface area contributed by atoms with E-state index in [1.54, 1.807) is 0 Å². The Hall–Kier alpha value is -0.610. The molecule has 2 atom stereocenters. The first-order valence-corrected chi connectivity index (χ1v) is 7.92. The van der Waals surface area contributed by atoms with Crippen molar-refractivity contribution in [1.82, 2.24) is 10.2 Å². The van der Waals surface area contributed by atoms with Crippen molar-refractivity contribution < 1.29 is 4.79 Å². The quantitative estimate of drug-likeness (QED) is 0.662. The maximum Gasteiger partial charge on any atom is 0.236 e. The van der Waals surface area contributed by atoms with Crippen LogP contribution >= 0.6 is 0 Å². The molecule has 0 aromatic rings. The summed E-state index contributed by atoms with van der Waals surface area (Å²) in [5.41, 5.74) is 5.83. The number of unbranched alkanes of at least 4 members (excludes halogenated alkanes) is 1. The Balaban J connectivity index is 2.07. The van der Waals surface area contributed by atoms with Crippen molar-refractivity contribution in [1.29, 1.82) is 0 Å². The van der Waals surface area contributed by atoms with Crippen LogP contribution in [0, 0.1) is 0 Å². The van der Waals surface area contributed by atoms with Gasteiger partial charge in [0.05, 0.1) is 6.04 Å². The Kier molecular flexibility index (Phi) is 8.07. The van der Waals surface area contributed by atoms with Gasteiger partial charge in [0.1, 0.15) is 0 Å². The number of carbonyl (C=O) groups excluding carboxylic acids is 1. The Bertz CT molecular complexity index is 258. The fraction of sp³-hybridized carbons (Fsp3) is 0.933. The highest BCUT2D eigenvalue weighted by atomic mass is 16.2. The summed E-state index contributed by atoms with van der Waals surface area (Å²) in [4.78, 5) is 14.2. The van der Waals surface area contributed by atoms with Crippen molar-refractivity contribution in [3.05, 3.63) is 0 Å². The van der Waals surface area contributed by atoms with Crippen LogP contribution in [0.2, 0.25) is 0 Å². The first kappa shape index (κ1) is 16.4. The number of likely N-dealkylation sites (tertiary alicyclic amines) is 1. The summed E-state index contributed by atoms with van der Waals surface area (Å²) in [7, 11) is 0. The van der Waals surface area contributed by atoms with Gasteiger partial charge in [-0.2, -0.15) is 0 Å². The van der Waals surface area contributed by atoms with Crippen LogP contribution in [-0.4, -0.2) is 42.5 Å². The molecule has 1 amide bonds. The number of hydrogen-bond donors (Lipinski definition) is 2. The monoisotopic (exact) mass is 269 g/mol. The second-order valence-corrected chi connectivity index (χ2v) is 5.77. The van der Waals surface area contributed by atoms with Crippen LogP contribution in [0.4, 0.5) is 0 Å². The lowest BCUT2D eigenvalue weighted by atomic mass is 10.0. The van der Waals surface area contributed by atoms with Gasteiger partial charge < -0.3 is 16.0 Å². The molecular weight excluding hydrogens is 238 g/mol. The largest absolute Gasteiger partial charge is 0.355 e. The number of piperidine rings is 1. The highest BCUT2D eigenvalue weighted by molar-refractivity contribution is 5.81. The van der Waals surface area contributed by atoms with Crippen molar-refractivity contribution in [2.45, 2.75) is 70.9 Å². The fourth-order valence-electron chi connectivity index (χ4n) is 2.67. The SMILES string of the molecule is CCCCC(N)C(=O)NCCCN1CCCCC1C. The zero-order valence-electron chi connectivity index (χ0n) is 12.7. The molecule has 112 valence electrons. The molecule has 1 rings (SSSR count). The van der Waals surface area contributed by atoms with E-state index in [0.717, 1.165) is 38.8 Å². The normalized spacial score (nSPS) is 22.2. The van der Waals surface area contributed by atoms with Gasteiger partial charge in [-0.1, -0.05) is 26.2 Å². The standard InChI is InChI=1S/C15H31N3O/c1-3-4-9-14(16)15(19)17-10-7-12-18-11-6-5-8-13(18)2/h13-14H,3-12,16H2,1-2H3,(H,17,19). The van der Waals surface area contributed by atoms with Crippen LogP contribution in [0.25, 0.3) is 0 Å². The van der Waals surface area contributed by atoms with E-state index < -0.39 is 0 Å². The van der Waals surface area contributed by atoms with Gasteiger partial charge >= 0.3 is 0 Å². The minimum absolute atomic E-state index is 0.0140. The van der Waals surface area contributed by atoms with Crippen LogP contribution < -0.4 is 11.1 Å². The molecule has 0 bridgehead atoms. The molecule has 0 aliphatic carbocycles. The van der Waals surface area contributed by atoms with Gasteiger partial charge in [0.25, 0.3) is 0 Å². The predicted molar refractivity (Wildman–Crippen MR) is 80.0 cm³/mol. The molecule has 0 spiro atoms. The molecule has 1 saturated heterocycles. The van der Waals surface area contributed by atoms with Crippen LogP contribution in [0.3, 0.4) is 0 Å². The third-order valence-electron chi connectivity index (χ3n) is 4.07. The van der Waals surface area contributed by atoms with Crippen LogP contribution in [0.15, 0.2) is 0 Å². The van der Waals surface area contributed by atoms with E-state index in [1.165, 1.54) is 25.8 Å². The number of hydrogen-bond acceptors (Lipinski definition) is 3. The van der Waals surface area contributed by atoms with Crippen LogP contribution in [-0.2, 0) is 4.79 Å². The van der Waals surface area contributed by atoms with E-state index in [2.05, 4.69) is 24.1 Å². The smallest absolute Gasteiger partial charge is 0.236 e. The molecule has 1 fully saturated rings. The first-order chi connectivity index (χ1) is 9.15. The summed E-state index contributed by atoms with van der Waals surface area (Å²) < 4.78 is 0. The van der Waals surface area contributed by atoms with E-state index in [9.17, 15) is 4.79 Å². The lowest BCUT2D eigenvalue weighted by Crippen LogP contribution is -2.42. The fourth-order valence-corrected chi connectivity index (χ4v) is 2.67. The zero-order chi connectivity index (χ0) is 14.1. The van der Waals surface area contributed by atoms with Crippen molar-refractivity contribution in [3.8, 4) is 0 Å². The topological polar surface area (TPSA) is 58.4 Å². The number of nitrogens with two attached hydrogens (primary N) is 1. The summed E-state index contributed by atoms with van der Waals surface area (Å²) in [5, 5.41) is 2.96. The molecule has 1 aliphatic heterocycles. The lowest BCUT2D eigenvalue weighted by Gasteiger charge is -2.33. The molecule has 4 heteroatoms. The third kappa shape index (κ3) is 6.39. The summed E-state index contributed by atoms with van der Waals surface area (Å²) in [6.45, 7) is 7.47. The Labute approximate surface area is 118 Å². The van der Waals surface area contributed by atoms with Gasteiger partial charge in [0, 0.05) is 19.1 Å². The molecule has 0 aromatic carbocycles. The Morgan fingerprint density at radius 1 is 1.42 bits per heavy atom. The lowest BCUT2D eigenvalue weighted by molar-refractivity contribution is -0.122. The average Bonchev–Trinajstić information content (AvgIpc) is 2.42. The Morgan fingerprint density at radius 2 is 2.21 bits per heavy atom. The van der Waals surface area contributed by atoms with Crippen molar-refractivity contribution in [3.63, 3.8) is 0 Å². The van der Waals surface area contributed by atoms with Gasteiger partial charge in [0.15, 0.2) is 0 Å². The molecule has 3 N–H and O–H groups in total. The second-order valence-electron chi connectivity index (χ2n) is 5.77. The molecular formula is C15H31N3O. The number of nitrogens with one attached hydrogen (secondary N) is 1. The van der Waals surface area contributed by atoms with Gasteiger partial charge in [-0.3, -0.25) is 4.79 Å². The molecule has 1 aliphatic rings. The van der Waals surface area contributed by atoms with E-state index in [4.69, 9.17) is 5.73 Å². The summed E-state index contributed by atoms with van der Waals surface area (Å²) in [6.07, 6.45) is 7.93. The van der Waals surface area contributed by atoms with Gasteiger partial charge in [-0.15, -0.1) is 0 Å². The van der Waals surface area contributed by atoms with Crippen LogP contribution in [0.5, 0.6) is 0 Å². The van der Waals surface area contributed by atoms with Crippen LogP contribution in [0.1, 0.15) is 58.8 Å². The summed E-state index contributed by atoms with van der Waals surface area (Å²) in [5.74, 6) is 0.0140. The minimum Gasteiger partial charge on any atom is -0.355 e. The van der Waals surface area contributed by atoms with Crippen molar-refractivity contribution in [2.75, 3.05) is 19.6 Å². The number of rotatable bonds is 8. The van der Waals surface area contributed by atoms with Crippen molar-refractivity contribution >= 4 is 5.91 Å². The molecule has 1 heterocycles. The molecule has 0 radical (unpaired) electrons. The van der Waals surface area contributed by atoms with E-state index in [0.29, 0.717) is 6.04 Å². The second kappa shape index (κ2) is 9.32.